The maximum Gasteiger partial charge on any atom is 0.205 e. The minimum atomic E-state index is 0.603. The van der Waals surface area contributed by atoms with Gasteiger partial charge in [-0.25, -0.2) is 9.97 Å². The van der Waals surface area contributed by atoms with Crippen LogP contribution in [0.4, 0.5) is 0 Å². The largest absolute Gasteiger partial charge is 0.440 e. The molecule has 0 spiro atoms. The summed E-state index contributed by atoms with van der Waals surface area (Å²) in [5.74, 6) is 4.08. The summed E-state index contributed by atoms with van der Waals surface area (Å²) in [6, 6.07) is 19.9. The fourth-order valence-electron chi connectivity index (χ4n) is 2.79. The third-order valence-electron chi connectivity index (χ3n) is 4.25. The third-order valence-corrected chi connectivity index (χ3v) is 7.41. The van der Waals surface area contributed by atoms with Crippen molar-refractivity contribution in [2.45, 2.75) is 20.2 Å². The second-order valence-corrected chi connectivity index (χ2v) is 9.80. The summed E-state index contributed by atoms with van der Waals surface area (Å²) in [7, 11) is 0. The van der Waals surface area contributed by atoms with Crippen molar-refractivity contribution >= 4 is 34.9 Å². The maximum absolute atomic E-state index is 5.84. The van der Waals surface area contributed by atoms with E-state index in [4.69, 9.17) is 8.83 Å². The lowest BCUT2D eigenvalue weighted by atomic mass is 10.2. The predicted molar refractivity (Wildman–Crippen MR) is 123 cm³/mol. The molecule has 0 radical (unpaired) electrons. The van der Waals surface area contributed by atoms with Crippen LogP contribution in [0.2, 0.25) is 0 Å². The fraction of sp³-hybridized carbons (Fsp3) is 0.0909. The highest BCUT2D eigenvalue weighted by Crippen LogP contribution is 2.33. The quantitative estimate of drug-likeness (QED) is 0.243. The van der Waals surface area contributed by atoms with Gasteiger partial charge in [-0.2, -0.15) is 0 Å². The highest BCUT2D eigenvalue weighted by molar-refractivity contribution is 8.02. The third kappa shape index (κ3) is 5.07. The van der Waals surface area contributed by atoms with Gasteiger partial charge < -0.3 is 8.83 Å². The molecule has 0 aliphatic heterocycles. The van der Waals surface area contributed by atoms with Crippen LogP contribution in [0.5, 0.6) is 0 Å². The number of benzene rings is 2. The van der Waals surface area contributed by atoms with E-state index in [1.807, 2.05) is 60.7 Å². The number of aromatic nitrogens is 4. The number of oxazole rings is 2. The van der Waals surface area contributed by atoms with Crippen molar-refractivity contribution in [3.8, 4) is 22.6 Å². The molecule has 0 saturated carbocycles. The van der Waals surface area contributed by atoms with Gasteiger partial charge in [0.15, 0.2) is 20.2 Å². The van der Waals surface area contributed by atoms with E-state index in [9.17, 15) is 0 Å². The molecule has 0 aliphatic carbocycles. The minimum Gasteiger partial charge on any atom is -0.440 e. The molecule has 0 N–H and O–H groups in total. The van der Waals surface area contributed by atoms with E-state index in [0.29, 0.717) is 23.3 Å². The SMILES string of the molecule is c1ccc(-c2cnc(CSc3nnc(SCc4ncc(-c5ccccc5)o4)s3)o2)cc1. The summed E-state index contributed by atoms with van der Waals surface area (Å²) < 4.78 is 13.4. The molecule has 0 aliphatic rings. The van der Waals surface area contributed by atoms with E-state index in [1.165, 1.54) is 0 Å². The summed E-state index contributed by atoms with van der Waals surface area (Å²) in [6.45, 7) is 0. The number of hydrogen-bond acceptors (Lipinski definition) is 9. The van der Waals surface area contributed by atoms with Crippen LogP contribution in [-0.2, 0) is 11.5 Å². The molecule has 2 aromatic carbocycles. The lowest BCUT2D eigenvalue weighted by molar-refractivity contribution is 0.529. The van der Waals surface area contributed by atoms with Crippen molar-refractivity contribution < 1.29 is 8.83 Å². The zero-order valence-corrected chi connectivity index (χ0v) is 18.6. The summed E-state index contributed by atoms with van der Waals surface area (Å²) >= 11 is 4.67. The molecule has 0 amide bonds. The van der Waals surface area contributed by atoms with Crippen LogP contribution in [0.25, 0.3) is 22.6 Å². The first kappa shape index (κ1) is 20.0. The average molecular weight is 465 g/mol. The van der Waals surface area contributed by atoms with Gasteiger partial charge in [0.2, 0.25) is 11.8 Å². The second-order valence-electron chi connectivity index (χ2n) is 6.38. The average Bonchev–Trinajstić information content (AvgIpc) is 3.58. The van der Waals surface area contributed by atoms with Crippen LogP contribution in [0.3, 0.4) is 0 Å². The highest BCUT2D eigenvalue weighted by Gasteiger charge is 2.12. The van der Waals surface area contributed by atoms with Crippen molar-refractivity contribution in [1.29, 1.82) is 0 Å². The Kier molecular flexibility index (Phi) is 6.15. The Bertz CT molecular complexity index is 1160. The molecule has 154 valence electrons. The monoisotopic (exact) mass is 464 g/mol. The lowest BCUT2D eigenvalue weighted by Gasteiger charge is -1.95. The predicted octanol–water partition coefficient (Wildman–Crippen LogP) is 6.43. The van der Waals surface area contributed by atoms with Gasteiger partial charge >= 0.3 is 0 Å². The molecule has 5 rings (SSSR count). The molecular weight excluding hydrogens is 448 g/mol. The van der Waals surface area contributed by atoms with E-state index < -0.39 is 0 Å². The molecule has 3 aromatic heterocycles. The van der Waals surface area contributed by atoms with Gasteiger partial charge in [-0.15, -0.1) is 10.2 Å². The van der Waals surface area contributed by atoms with Crippen molar-refractivity contribution in [3.63, 3.8) is 0 Å². The highest BCUT2D eigenvalue weighted by atomic mass is 32.2. The maximum atomic E-state index is 5.84. The number of nitrogens with zero attached hydrogens (tertiary/aromatic N) is 4. The van der Waals surface area contributed by atoms with Gasteiger partial charge in [-0.3, -0.25) is 0 Å². The summed E-state index contributed by atoms with van der Waals surface area (Å²) in [6.07, 6.45) is 3.51. The standard InChI is InChI=1S/C22H16N4O2S3/c1-3-7-15(8-4-1)17-11-23-19(27-17)13-29-21-25-26-22(31-21)30-14-20-24-12-18(28-20)16-9-5-2-6-10-16/h1-12H,13-14H2. The second kappa shape index (κ2) is 9.51. The van der Waals surface area contributed by atoms with E-state index in [2.05, 4.69) is 20.2 Å². The zero-order valence-electron chi connectivity index (χ0n) is 16.2. The van der Waals surface area contributed by atoms with Crippen LogP contribution >= 0.6 is 34.9 Å². The van der Waals surface area contributed by atoms with Gasteiger partial charge in [0.25, 0.3) is 0 Å². The van der Waals surface area contributed by atoms with Crippen molar-refractivity contribution in [3.05, 3.63) is 84.8 Å². The molecule has 9 heteroatoms. The summed E-state index contributed by atoms with van der Waals surface area (Å²) in [4.78, 5) is 8.72. The normalized spacial score (nSPS) is 11.1. The van der Waals surface area contributed by atoms with Gasteiger partial charge in [0.05, 0.1) is 23.9 Å². The van der Waals surface area contributed by atoms with Crippen LogP contribution in [0.1, 0.15) is 11.8 Å². The molecule has 31 heavy (non-hydrogen) atoms. The van der Waals surface area contributed by atoms with Crippen LogP contribution in [-0.4, -0.2) is 20.2 Å². The Hall–Kier alpha value is -2.88. The molecule has 0 atom stereocenters. The van der Waals surface area contributed by atoms with Crippen LogP contribution in [0, 0.1) is 0 Å². The molecule has 5 aromatic rings. The Morgan fingerprint density at radius 3 is 1.55 bits per heavy atom. The van der Waals surface area contributed by atoms with Crippen LogP contribution < -0.4 is 0 Å². The van der Waals surface area contributed by atoms with E-state index >= 15 is 0 Å². The lowest BCUT2D eigenvalue weighted by Crippen LogP contribution is -1.79. The van der Waals surface area contributed by atoms with Crippen molar-refractivity contribution in [2.75, 3.05) is 0 Å². The Balaban J connectivity index is 1.14. The number of hydrogen-bond donors (Lipinski definition) is 0. The van der Waals surface area contributed by atoms with Crippen molar-refractivity contribution in [1.82, 2.24) is 20.2 Å². The van der Waals surface area contributed by atoms with E-state index in [1.54, 1.807) is 47.3 Å². The van der Waals surface area contributed by atoms with Gasteiger partial charge in [-0.1, -0.05) is 95.5 Å². The molecule has 0 fully saturated rings. The van der Waals surface area contributed by atoms with Crippen molar-refractivity contribution in [2.24, 2.45) is 0 Å². The van der Waals surface area contributed by atoms with Gasteiger partial charge in [0, 0.05) is 11.1 Å². The van der Waals surface area contributed by atoms with E-state index in [0.717, 1.165) is 31.3 Å². The number of thioether (sulfide) groups is 2. The molecule has 0 saturated heterocycles. The molecule has 0 unspecified atom stereocenters. The first-order valence-electron chi connectivity index (χ1n) is 9.43. The summed E-state index contributed by atoms with van der Waals surface area (Å²) in [5, 5.41) is 8.50. The first-order valence-corrected chi connectivity index (χ1v) is 12.2. The fourth-order valence-corrected chi connectivity index (χ4v) is 5.51. The molecule has 3 heterocycles. The topological polar surface area (TPSA) is 77.8 Å². The molecule has 6 nitrogen and oxygen atoms in total. The van der Waals surface area contributed by atoms with Crippen LogP contribution in [0.15, 0.2) is 90.6 Å². The molecule has 0 bridgehead atoms. The van der Waals surface area contributed by atoms with Gasteiger partial charge in [0.1, 0.15) is 0 Å². The Morgan fingerprint density at radius 2 is 1.10 bits per heavy atom. The minimum absolute atomic E-state index is 0.603. The van der Waals surface area contributed by atoms with E-state index in [-0.39, 0.29) is 0 Å². The smallest absolute Gasteiger partial charge is 0.205 e. The molecular formula is C22H16N4O2S3. The Morgan fingerprint density at radius 1 is 0.645 bits per heavy atom. The zero-order chi connectivity index (χ0) is 20.9. The Labute approximate surface area is 191 Å². The summed E-state index contributed by atoms with van der Waals surface area (Å²) in [5.41, 5.74) is 2.03. The van der Waals surface area contributed by atoms with Gasteiger partial charge in [-0.05, 0) is 0 Å². The number of rotatable bonds is 8. The first-order chi connectivity index (χ1) is 15.3.